The Labute approximate surface area is 143 Å². The Hall–Kier alpha value is -2.51. The van der Waals surface area contributed by atoms with Gasteiger partial charge in [-0.15, -0.1) is 0 Å². The summed E-state index contributed by atoms with van der Waals surface area (Å²) in [7, 11) is 0. The average Bonchev–Trinajstić information content (AvgIpc) is 2.55. The van der Waals surface area contributed by atoms with E-state index in [0.717, 1.165) is 5.56 Å². The van der Waals surface area contributed by atoms with Crippen molar-refractivity contribution in [3.8, 4) is 0 Å². The zero-order chi connectivity index (χ0) is 16.8. The maximum absolute atomic E-state index is 12.0. The largest absolute Gasteiger partial charge is 0.298 e. The summed E-state index contributed by atoms with van der Waals surface area (Å²) in [6.45, 7) is 1.84. The van der Waals surface area contributed by atoms with E-state index in [-0.39, 0.29) is 5.11 Å². The highest BCUT2D eigenvalue weighted by Crippen LogP contribution is 2.16. The number of halogens is 1. The fraction of sp³-hybridized carbons (Fsp3) is 0.0667. The number of aromatic nitrogens is 1. The van der Waals surface area contributed by atoms with Gasteiger partial charge in [-0.3, -0.25) is 30.7 Å². The third kappa shape index (κ3) is 4.73. The van der Waals surface area contributed by atoms with Gasteiger partial charge in [-0.25, -0.2) is 0 Å². The number of hydrazine groups is 1. The second-order valence-electron chi connectivity index (χ2n) is 4.56. The molecule has 0 bridgehead atoms. The van der Waals surface area contributed by atoms with E-state index in [1.54, 1.807) is 30.3 Å². The van der Waals surface area contributed by atoms with Crippen molar-refractivity contribution in [2.45, 2.75) is 6.92 Å². The van der Waals surface area contributed by atoms with Crippen molar-refractivity contribution in [1.82, 2.24) is 21.2 Å². The van der Waals surface area contributed by atoms with Gasteiger partial charge in [0, 0.05) is 28.5 Å². The maximum Gasteiger partial charge on any atom is 0.269 e. The number of hydrogen-bond acceptors (Lipinski definition) is 4. The van der Waals surface area contributed by atoms with E-state index in [1.807, 2.05) is 6.92 Å². The van der Waals surface area contributed by atoms with Crippen LogP contribution in [0.1, 0.15) is 26.3 Å². The molecule has 2 rings (SSSR count). The lowest BCUT2D eigenvalue weighted by Gasteiger charge is -2.11. The van der Waals surface area contributed by atoms with Gasteiger partial charge < -0.3 is 0 Å². The van der Waals surface area contributed by atoms with E-state index in [2.05, 4.69) is 21.2 Å². The van der Waals surface area contributed by atoms with Crippen LogP contribution in [0.3, 0.4) is 0 Å². The van der Waals surface area contributed by atoms with Crippen molar-refractivity contribution in [3.05, 3.63) is 64.4 Å². The highest BCUT2D eigenvalue weighted by Gasteiger charge is 2.10. The summed E-state index contributed by atoms with van der Waals surface area (Å²) in [5.74, 6) is -0.829. The van der Waals surface area contributed by atoms with Crippen molar-refractivity contribution < 1.29 is 9.59 Å². The monoisotopic (exact) mass is 348 g/mol. The molecular weight excluding hydrogens is 336 g/mol. The molecular formula is C15H13ClN4O2S. The second-order valence-corrected chi connectivity index (χ2v) is 5.38. The zero-order valence-corrected chi connectivity index (χ0v) is 13.7. The number of rotatable bonds is 2. The molecule has 0 radical (unpaired) electrons. The van der Waals surface area contributed by atoms with Crippen molar-refractivity contribution in [3.63, 3.8) is 0 Å². The molecule has 0 spiro atoms. The molecule has 8 heteroatoms. The summed E-state index contributed by atoms with van der Waals surface area (Å²) >= 11 is 10.9. The van der Waals surface area contributed by atoms with Gasteiger partial charge in [0.1, 0.15) is 0 Å². The molecule has 23 heavy (non-hydrogen) atoms. The summed E-state index contributed by atoms with van der Waals surface area (Å²) in [5.41, 5.74) is 6.48. The van der Waals surface area contributed by atoms with Crippen LogP contribution in [-0.4, -0.2) is 21.9 Å². The Kier molecular flexibility index (Phi) is 5.61. The molecule has 0 fully saturated rings. The lowest BCUT2D eigenvalue weighted by atomic mass is 10.1. The lowest BCUT2D eigenvalue weighted by Crippen LogP contribution is -2.48. The normalized spacial score (nSPS) is 9.83. The van der Waals surface area contributed by atoms with Crippen LogP contribution >= 0.6 is 23.8 Å². The van der Waals surface area contributed by atoms with Crippen LogP contribution in [0.2, 0.25) is 5.02 Å². The van der Waals surface area contributed by atoms with Gasteiger partial charge in [0.05, 0.1) is 0 Å². The van der Waals surface area contributed by atoms with Crippen molar-refractivity contribution in [2.24, 2.45) is 0 Å². The summed E-state index contributed by atoms with van der Waals surface area (Å²) in [6.07, 6.45) is 2.99. The van der Waals surface area contributed by atoms with E-state index >= 15 is 0 Å². The third-order valence-electron chi connectivity index (χ3n) is 2.89. The minimum absolute atomic E-state index is 0.0332. The Morgan fingerprint density at radius 1 is 1.04 bits per heavy atom. The number of pyridine rings is 1. The van der Waals surface area contributed by atoms with Gasteiger partial charge in [0.15, 0.2) is 5.11 Å². The number of nitrogens with one attached hydrogen (secondary N) is 3. The average molecular weight is 349 g/mol. The molecule has 1 heterocycles. The highest BCUT2D eigenvalue weighted by molar-refractivity contribution is 7.80. The molecule has 2 amide bonds. The molecule has 0 atom stereocenters. The van der Waals surface area contributed by atoms with E-state index < -0.39 is 11.8 Å². The third-order valence-corrected chi connectivity index (χ3v) is 3.50. The Morgan fingerprint density at radius 3 is 2.39 bits per heavy atom. The molecule has 0 saturated heterocycles. The fourth-order valence-electron chi connectivity index (χ4n) is 1.63. The minimum atomic E-state index is -0.428. The number of aryl methyl sites for hydroxylation is 1. The Morgan fingerprint density at radius 2 is 1.74 bits per heavy atom. The summed E-state index contributed by atoms with van der Waals surface area (Å²) < 4.78 is 0. The molecule has 1 aromatic carbocycles. The molecule has 0 aliphatic carbocycles. The van der Waals surface area contributed by atoms with E-state index in [1.165, 1.54) is 12.4 Å². The molecule has 3 N–H and O–H groups in total. The van der Waals surface area contributed by atoms with Crippen LogP contribution in [0.4, 0.5) is 0 Å². The van der Waals surface area contributed by atoms with E-state index in [9.17, 15) is 9.59 Å². The Balaban J connectivity index is 1.88. The van der Waals surface area contributed by atoms with Crippen LogP contribution in [0.15, 0.2) is 42.7 Å². The van der Waals surface area contributed by atoms with Gasteiger partial charge in [-0.2, -0.15) is 0 Å². The second kappa shape index (κ2) is 7.66. The first-order valence-corrected chi connectivity index (χ1v) is 7.34. The molecule has 0 unspecified atom stereocenters. The van der Waals surface area contributed by atoms with Crippen LogP contribution < -0.4 is 16.2 Å². The summed E-state index contributed by atoms with van der Waals surface area (Å²) in [4.78, 5) is 27.6. The first kappa shape index (κ1) is 16.9. The zero-order valence-electron chi connectivity index (χ0n) is 12.1. The maximum atomic E-state index is 12.0. The number of thiocarbonyl (C=S) groups is 1. The molecule has 6 nitrogen and oxygen atoms in total. The van der Waals surface area contributed by atoms with Gasteiger partial charge in [-0.1, -0.05) is 17.7 Å². The minimum Gasteiger partial charge on any atom is -0.298 e. The topological polar surface area (TPSA) is 83.1 Å². The molecule has 2 aromatic rings. The van der Waals surface area contributed by atoms with Gasteiger partial charge >= 0.3 is 0 Å². The van der Waals surface area contributed by atoms with Crippen molar-refractivity contribution in [1.29, 1.82) is 0 Å². The summed E-state index contributed by atoms with van der Waals surface area (Å²) in [6, 6.07) is 8.01. The van der Waals surface area contributed by atoms with Crippen LogP contribution in [0, 0.1) is 6.92 Å². The number of hydrogen-bond donors (Lipinski definition) is 3. The van der Waals surface area contributed by atoms with Crippen molar-refractivity contribution >= 4 is 40.7 Å². The van der Waals surface area contributed by atoms with Gasteiger partial charge in [0.2, 0.25) is 0 Å². The molecule has 1 aromatic heterocycles. The first-order valence-electron chi connectivity index (χ1n) is 6.55. The number of nitrogens with zero attached hydrogens (tertiary/aromatic N) is 1. The fourth-order valence-corrected chi connectivity index (χ4v) is 1.95. The standard InChI is InChI=1S/C15H13ClN4O2S/c1-9-2-3-11(8-12(9)16)13(21)18-15(23)20-19-14(22)10-4-6-17-7-5-10/h2-8H,1H3,(H,19,22)(H2,18,20,21,23). The van der Waals surface area contributed by atoms with Gasteiger partial charge in [-0.05, 0) is 49.0 Å². The van der Waals surface area contributed by atoms with Crippen molar-refractivity contribution in [2.75, 3.05) is 0 Å². The van der Waals surface area contributed by atoms with Crippen LogP contribution in [0.5, 0.6) is 0 Å². The van der Waals surface area contributed by atoms with Gasteiger partial charge in [0.25, 0.3) is 11.8 Å². The van der Waals surface area contributed by atoms with Crippen LogP contribution in [0.25, 0.3) is 0 Å². The predicted octanol–water partition coefficient (Wildman–Crippen LogP) is 1.99. The molecule has 0 aliphatic heterocycles. The van der Waals surface area contributed by atoms with E-state index in [0.29, 0.717) is 16.1 Å². The predicted molar refractivity (Wildman–Crippen MR) is 91.1 cm³/mol. The molecule has 0 aliphatic rings. The Bertz CT molecular complexity index is 752. The highest BCUT2D eigenvalue weighted by atomic mass is 35.5. The number of benzene rings is 1. The summed E-state index contributed by atoms with van der Waals surface area (Å²) in [5, 5.41) is 2.90. The van der Waals surface area contributed by atoms with Crippen LogP contribution in [-0.2, 0) is 0 Å². The smallest absolute Gasteiger partial charge is 0.269 e. The number of carbonyl (C=O) groups is 2. The molecule has 118 valence electrons. The van der Waals surface area contributed by atoms with E-state index in [4.69, 9.17) is 23.8 Å². The quantitative estimate of drug-likeness (QED) is 0.571. The lowest BCUT2D eigenvalue weighted by molar-refractivity contribution is 0.0934. The molecule has 0 saturated carbocycles. The first-order chi connectivity index (χ1) is 11.0. The SMILES string of the molecule is Cc1ccc(C(=O)NC(=S)NNC(=O)c2ccncc2)cc1Cl. The number of carbonyl (C=O) groups excluding carboxylic acids is 2. The number of amides is 2.